The van der Waals surface area contributed by atoms with Crippen LogP contribution in [-0.2, 0) is 27.3 Å². The lowest BCUT2D eigenvalue weighted by Crippen LogP contribution is -2.58. The Kier molecular flexibility index (Phi) is 7.63. The second-order valence-corrected chi connectivity index (χ2v) is 7.99. The monoisotopic (exact) mass is 428 g/mol. The summed E-state index contributed by atoms with van der Waals surface area (Å²) in [5.41, 5.74) is 1.88. The second-order valence-electron chi connectivity index (χ2n) is 7.99. The Morgan fingerprint density at radius 2 is 1.61 bits per heavy atom. The van der Waals surface area contributed by atoms with E-state index in [1.54, 1.807) is 36.4 Å². The molecule has 0 unspecified atom stereocenters. The first kappa shape index (κ1) is 22.7. The fourth-order valence-electron chi connectivity index (χ4n) is 3.76. The van der Waals surface area contributed by atoms with Gasteiger partial charge < -0.3 is 14.4 Å². The minimum absolute atomic E-state index is 0.0363. The number of amides is 1. The van der Waals surface area contributed by atoms with Crippen LogP contribution in [0.5, 0.6) is 5.75 Å². The van der Waals surface area contributed by atoms with Crippen molar-refractivity contribution in [3.8, 4) is 5.75 Å². The first-order valence-corrected chi connectivity index (χ1v) is 10.4. The molecule has 0 N–H and O–H groups in total. The zero-order chi connectivity index (χ0) is 22.4. The van der Waals surface area contributed by atoms with Crippen LogP contribution in [0.1, 0.15) is 25.0 Å². The zero-order valence-corrected chi connectivity index (χ0v) is 18.2. The molecule has 0 aliphatic carbocycles. The van der Waals surface area contributed by atoms with Crippen molar-refractivity contribution in [1.29, 1.82) is 0 Å². The Morgan fingerprint density at radius 3 is 2.26 bits per heavy atom. The summed E-state index contributed by atoms with van der Waals surface area (Å²) in [6.07, 6.45) is 0.202. The van der Waals surface area contributed by atoms with Crippen molar-refractivity contribution < 1.29 is 23.5 Å². The molecule has 1 saturated heterocycles. The van der Waals surface area contributed by atoms with Crippen LogP contribution in [0.4, 0.5) is 4.39 Å². The van der Waals surface area contributed by atoms with Gasteiger partial charge in [0.05, 0.1) is 13.5 Å². The average Bonchev–Trinajstić information content (AvgIpc) is 2.76. The molecule has 0 aromatic heterocycles. The predicted molar refractivity (Wildman–Crippen MR) is 115 cm³/mol. The smallest absolute Gasteiger partial charge is 0.309 e. The third-order valence-electron chi connectivity index (χ3n) is 5.60. The van der Waals surface area contributed by atoms with Gasteiger partial charge in [0.25, 0.3) is 5.91 Å². The number of halogens is 1. The zero-order valence-electron chi connectivity index (χ0n) is 18.2. The normalized spacial score (nSPS) is 19.2. The number of rotatable bonds is 7. The van der Waals surface area contributed by atoms with E-state index in [4.69, 9.17) is 4.74 Å². The molecule has 1 aliphatic rings. The number of methoxy groups -OCH3 is 1. The molecule has 0 radical (unpaired) electrons. The van der Waals surface area contributed by atoms with Crippen molar-refractivity contribution in [2.45, 2.75) is 38.9 Å². The minimum Gasteiger partial charge on any atom is -0.484 e. The van der Waals surface area contributed by atoms with E-state index >= 15 is 0 Å². The Hall–Kier alpha value is -2.93. The summed E-state index contributed by atoms with van der Waals surface area (Å²) in [6, 6.07) is 13.9. The van der Waals surface area contributed by atoms with Gasteiger partial charge in [-0.3, -0.25) is 14.5 Å². The molecule has 3 rings (SSSR count). The van der Waals surface area contributed by atoms with Gasteiger partial charge >= 0.3 is 5.97 Å². The molecule has 2 aromatic carbocycles. The Balaban J connectivity index is 1.50. The van der Waals surface area contributed by atoms with Crippen molar-refractivity contribution in [3.63, 3.8) is 0 Å². The molecule has 1 amide bonds. The van der Waals surface area contributed by atoms with Crippen LogP contribution < -0.4 is 4.74 Å². The largest absolute Gasteiger partial charge is 0.484 e. The summed E-state index contributed by atoms with van der Waals surface area (Å²) in [7, 11) is 1.36. The molecule has 2 atom stereocenters. The molecular formula is C24H29FN2O4. The molecule has 0 bridgehead atoms. The molecule has 6 nitrogen and oxygen atoms in total. The molecule has 0 spiro atoms. The highest BCUT2D eigenvalue weighted by Gasteiger charge is 2.32. The van der Waals surface area contributed by atoms with Crippen LogP contribution in [-0.4, -0.2) is 60.6 Å². The number of ether oxygens (including phenoxy) is 2. The van der Waals surface area contributed by atoms with E-state index in [9.17, 15) is 14.0 Å². The van der Waals surface area contributed by atoms with Crippen LogP contribution in [0.3, 0.4) is 0 Å². The fraction of sp³-hybridized carbons (Fsp3) is 0.417. The van der Waals surface area contributed by atoms with Crippen LogP contribution >= 0.6 is 0 Å². The summed E-state index contributed by atoms with van der Waals surface area (Å²) >= 11 is 0. The molecule has 0 saturated carbocycles. The van der Waals surface area contributed by atoms with Crippen molar-refractivity contribution >= 4 is 11.9 Å². The Labute approximate surface area is 182 Å². The number of piperazine rings is 1. The summed E-state index contributed by atoms with van der Waals surface area (Å²) in [4.78, 5) is 28.3. The number of nitrogens with zero attached hydrogens (tertiary/aromatic N) is 2. The number of esters is 1. The summed E-state index contributed by atoms with van der Waals surface area (Å²) in [5.74, 6) is -0.0127. The van der Waals surface area contributed by atoms with Gasteiger partial charge in [-0.1, -0.05) is 24.3 Å². The Bertz CT molecular complexity index is 885. The van der Waals surface area contributed by atoms with Gasteiger partial charge in [-0.15, -0.1) is 0 Å². The highest BCUT2D eigenvalue weighted by atomic mass is 19.1. The van der Waals surface area contributed by atoms with E-state index in [1.165, 1.54) is 19.2 Å². The number of hydrogen-bond donors (Lipinski definition) is 0. The fourth-order valence-corrected chi connectivity index (χ4v) is 3.76. The average molecular weight is 429 g/mol. The van der Waals surface area contributed by atoms with Gasteiger partial charge in [0, 0.05) is 31.7 Å². The second kappa shape index (κ2) is 10.4. The molecular weight excluding hydrogens is 399 g/mol. The van der Waals surface area contributed by atoms with Crippen LogP contribution in [0, 0.1) is 5.82 Å². The summed E-state index contributed by atoms with van der Waals surface area (Å²) in [6.45, 7) is 6.17. The summed E-state index contributed by atoms with van der Waals surface area (Å²) in [5, 5.41) is 0. The lowest BCUT2D eigenvalue weighted by molar-refractivity contribution is -0.140. The van der Waals surface area contributed by atoms with Gasteiger partial charge in [0.1, 0.15) is 11.6 Å². The van der Waals surface area contributed by atoms with Gasteiger partial charge in [0.2, 0.25) is 0 Å². The van der Waals surface area contributed by atoms with Crippen molar-refractivity contribution in [2.24, 2.45) is 0 Å². The van der Waals surface area contributed by atoms with E-state index in [0.717, 1.165) is 24.2 Å². The predicted octanol–water partition coefficient (Wildman–Crippen LogP) is 3.04. The maximum atomic E-state index is 13.1. The number of carbonyl (C=O) groups excluding carboxylic acids is 2. The first-order valence-electron chi connectivity index (χ1n) is 10.4. The number of hydrogen-bond acceptors (Lipinski definition) is 5. The van der Waals surface area contributed by atoms with Crippen LogP contribution in [0.15, 0.2) is 48.5 Å². The van der Waals surface area contributed by atoms with Crippen molar-refractivity contribution in [2.75, 3.05) is 26.8 Å². The topological polar surface area (TPSA) is 59.1 Å². The quantitative estimate of drug-likeness (QED) is 0.635. The third kappa shape index (κ3) is 6.28. The van der Waals surface area contributed by atoms with Gasteiger partial charge in [0.15, 0.2) is 6.61 Å². The number of carbonyl (C=O) groups is 2. The molecule has 166 valence electrons. The first-order chi connectivity index (χ1) is 14.9. The SMILES string of the molecule is COC(=O)Cc1ccc(OCC(=O)N2C[C@H](C)N(Cc3ccc(F)cc3)C[C@H]2C)cc1. The van der Waals surface area contributed by atoms with E-state index in [0.29, 0.717) is 12.3 Å². The molecule has 31 heavy (non-hydrogen) atoms. The summed E-state index contributed by atoms with van der Waals surface area (Å²) < 4.78 is 23.5. The van der Waals surface area contributed by atoms with Gasteiger partial charge in [-0.2, -0.15) is 0 Å². The van der Waals surface area contributed by atoms with Crippen molar-refractivity contribution in [3.05, 3.63) is 65.5 Å². The standard InChI is InChI=1S/C24H29FN2O4/c1-17-14-27(18(2)13-26(17)15-20-4-8-21(25)9-5-20)23(28)16-31-22-10-6-19(7-11-22)12-24(29)30-3/h4-11,17-18H,12-16H2,1-3H3/t17-,18+/m0/s1. The van der Waals surface area contributed by atoms with Crippen LogP contribution in [0.2, 0.25) is 0 Å². The molecule has 1 aliphatic heterocycles. The molecule has 1 fully saturated rings. The van der Waals surface area contributed by atoms with Gasteiger partial charge in [-0.25, -0.2) is 4.39 Å². The third-order valence-corrected chi connectivity index (χ3v) is 5.60. The van der Waals surface area contributed by atoms with Crippen LogP contribution in [0.25, 0.3) is 0 Å². The lowest BCUT2D eigenvalue weighted by atomic mass is 10.1. The number of benzene rings is 2. The molecule has 7 heteroatoms. The lowest BCUT2D eigenvalue weighted by Gasteiger charge is -2.44. The Morgan fingerprint density at radius 1 is 0.968 bits per heavy atom. The van der Waals surface area contributed by atoms with E-state index in [2.05, 4.69) is 16.6 Å². The highest BCUT2D eigenvalue weighted by molar-refractivity contribution is 5.78. The maximum absolute atomic E-state index is 13.1. The van der Waals surface area contributed by atoms with Crippen molar-refractivity contribution in [1.82, 2.24) is 9.80 Å². The maximum Gasteiger partial charge on any atom is 0.309 e. The molecule has 1 heterocycles. The van der Waals surface area contributed by atoms with E-state index in [-0.39, 0.29) is 42.8 Å². The van der Waals surface area contributed by atoms with Gasteiger partial charge in [-0.05, 0) is 49.2 Å². The van der Waals surface area contributed by atoms with E-state index in [1.807, 2.05) is 11.8 Å². The molecule has 2 aromatic rings. The minimum atomic E-state index is -0.300. The highest BCUT2D eigenvalue weighted by Crippen LogP contribution is 2.19. The van der Waals surface area contributed by atoms with E-state index < -0.39 is 0 Å².